The maximum absolute atomic E-state index is 13.9. The van der Waals surface area contributed by atoms with Crippen molar-refractivity contribution < 1.29 is 50.7 Å². The minimum atomic E-state index is -2.38. The number of rotatable bonds is 6. The van der Waals surface area contributed by atoms with E-state index in [1.165, 1.54) is 49.4 Å². The highest BCUT2D eigenvalue weighted by molar-refractivity contribution is 6.15. The van der Waals surface area contributed by atoms with E-state index in [0.717, 1.165) is 6.92 Å². The van der Waals surface area contributed by atoms with Crippen LogP contribution >= 0.6 is 0 Å². The normalized spacial score (nSPS) is 14.2. The van der Waals surface area contributed by atoms with Gasteiger partial charge in [-0.2, -0.15) is 8.78 Å². The summed E-state index contributed by atoms with van der Waals surface area (Å²) in [5.74, 6) is -15.1. The number of Topliss-reactive ketones (excluding diaryl/α,β-unsaturated/α-hetero) is 1. The Labute approximate surface area is 210 Å². The summed E-state index contributed by atoms with van der Waals surface area (Å²) in [6, 6.07) is 7.96. The SMILES string of the molecule is Cc1c(OC(=O)C(C)Oc2c(F)c(F)c(F)c(F)c2F)ccc2c1O/C(=C\c1cccc([N+](=O)[O-])c1)C2=O. The number of hydrogen-bond acceptors (Lipinski definition) is 7. The molecule has 1 heterocycles. The number of hydrogen-bond donors (Lipinski definition) is 0. The van der Waals surface area contributed by atoms with Crippen LogP contribution < -0.4 is 14.2 Å². The number of allylic oxidation sites excluding steroid dienone is 1. The molecule has 4 rings (SSSR count). The lowest BCUT2D eigenvalue weighted by atomic mass is 10.1. The van der Waals surface area contributed by atoms with Crippen LogP contribution in [0.1, 0.15) is 28.4 Å². The second-order valence-corrected chi connectivity index (χ2v) is 7.94. The smallest absolute Gasteiger partial charge is 0.352 e. The van der Waals surface area contributed by atoms with Gasteiger partial charge in [0.15, 0.2) is 17.6 Å². The van der Waals surface area contributed by atoms with Crippen molar-refractivity contribution in [1.82, 2.24) is 0 Å². The zero-order valence-corrected chi connectivity index (χ0v) is 19.3. The Morgan fingerprint density at radius 1 is 1.03 bits per heavy atom. The first-order chi connectivity index (χ1) is 17.9. The lowest BCUT2D eigenvalue weighted by Crippen LogP contribution is -2.29. The monoisotopic (exact) mass is 535 g/mol. The van der Waals surface area contributed by atoms with Crippen LogP contribution in [0, 0.1) is 46.1 Å². The van der Waals surface area contributed by atoms with Gasteiger partial charge in [0.05, 0.1) is 10.5 Å². The molecule has 3 aromatic rings. The van der Waals surface area contributed by atoms with E-state index in [4.69, 9.17) is 9.47 Å². The molecule has 1 atom stereocenters. The topological polar surface area (TPSA) is 105 Å². The van der Waals surface area contributed by atoms with E-state index in [1.807, 2.05) is 0 Å². The first-order valence-electron chi connectivity index (χ1n) is 10.6. The second kappa shape index (κ2) is 9.92. The van der Waals surface area contributed by atoms with Crippen molar-refractivity contribution in [2.45, 2.75) is 20.0 Å². The molecule has 1 aliphatic rings. The third-order valence-corrected chi connectivity index (χ3v) is 5.42. The number of nitrogens with zero attached hydrogens (tertiary/aromatic N) is 1. The van der Waals surface area contributed by atoms with Gasteiger partial charge >= 0.3 is 5.97 Å². The molecule has 0 aromatic heterocycles. The molecule has 3 aromatic carbocycles. The molecule has 8 nitrogen and oxygen atoms in total. The fourth-order valence-corrected chi connectivity index (χ4v) is 3.46. The Kier molecular flexibility index (Phi) is 6.85. The fourth-order valence-electron chi connectivity index (χ4n) is 3.46. The van der Waals surface area contributed by atoms with Crippen molar-refractivity contribution in [2.75, 3.05) is 0 Å². The molecule has 0 amide bonds. The van der Waals surface area contributed by atoms with Crippen LogP contribution in [0.5, 0.6) is 17.2 Å². The molecule has 1 aliphatic heterocycles. The van der Waals surface area contributed by atoms with Crippen LogP contribution in [0.3, 0.4) is 0 Å². The zero-order chi connectivity index (χ0) is 27.9. The van der Waals surface area contributed by atoms with Crippen LogP contribution in [0.15, 0.2) is 42.2 Å². The van der Waals surface area contributed by atoms with Crippen LogP contribution in [-0.4, -0.2) is 22.8 Å². The van der Waals surface area contributed by atoms with Crippen LogP contribution in [0.4, 0.5) is 27.6 Å². The quantitative estimate of drug-likeness (QED) is 0.0593. The molecule has 0 N–H and O–H groups in total. The third kappa shape index (κ3) is 4.65. The van der Waals surface area contributed by atoms with E-state index in [-0.39, 0.29) is 34.1 Å². The fraction of sp³-hybridized carbons (Fsp3) is 0.120. The number of ether oxygens (including phenoxy) is 3. The lowest BCUT2D eigenvalue weighted by Gasteiger charge is -2.16. The third-order valence-electron chi connectivity index (χ3n) is 5.42. The second-order valence-electron chi connectivity index (χ2n) is 7.94. The van der Waals surface area contributed by atoms with Gasteiger partial charge in [0, 0.05) is 17.7 Å². The Bertz CT molecular complexity index is 1520. The summed E-state index contributed by atoms with van der Waals surface area (Å²) in [6.07, 6.45) is -0.525. The zero-order valence-electron chi connectivity index (χ0n) is 19.3. The van der Waals surface area contributed by atoms with Gasteiger partial charge in [-0.15, -0.1) is 0 Å². The number of nitro benzene ring substituents is 1. The van der Waals surface area contributed by atoms with Gasteiger partial charge < -0.3 is 14.2 Å². The number of benzene rings is 3. The van der Waals surface area contributed by atoms with Crippen molar-refractivity contribution in [3.05, 3.63) is 98.0 Å². The summed E-state index contributed by atoms with van der Waals surface area (Å²) in [5, 5.41) is 11.0. The molecule has 0 radical (unpaired) electrons. The van der Waals surface area contributed by atoms with Crippen molar-refractivity contribution in [3.8, 4) is 17.2 Å². The predicted octanol–water partition coefficient (Wildman–Crippen LogP) is 5.59. The van der Waals surface area contributed by atoms with Crippen molar-refractivity contribution in [3.63, 3.8) is 0 Å². The molecule has 0 bridgehead atoms. The summed E-state index contributed by atoms with van der Waals surface area (Å²) in [4.78, 5) is 35.6. The van der Waals surface area contributed by atoms with E-state index in [9.17, 15) is 41.7 Å². The van der Waals surface area contributed by atoms with E-state index in [1.54, 1.807) is 0 Å². The largest absolute Gasteiger partial charge is 0.473 e. The van der Waals surface area contributed by atoms with Gasteiger partial charge in [-0.25, -0.2) is 18.0 Å². The summed E-state index contributed by atoms with van der Waals surface area (Å²) in [6.45, 7) is 2.39. The van der Waals surface area contributed by atoms with E-state index in [0.29, 0.717) is 5.56 Å². The number of esters is 1. The molecule has 0 aliphatic carbocycles. The van der Waals surface area contributed by atoms with E-state index < -0.39 is 57.6 Å². The number of ketones is 1. The predicted molar refractivity (Wildman–Crippen MR) is 119 cm³/mol. The lowest BCUT2D eigenvalue weighted by molar-refractivity contribution is -0.384. The molecule has 1 unspecified atom stereocenters. The standard InChI is InChI=1S/C25H14F5NO7/c1-10-15(38-25(33)11(2)36-24-20(29)18(27)17(26)19(28)21(24)30)7-6-14-22(32)16(37-23(10)14)9-12-4-3-5-13(8-12)31(34)35/h3-9,11H,1-2H3/b16-9-. The number of nitro groups is 1. The van der Waals surface area contributed by atoms with E-state index in [2.05, 4.69) is 4.74 Å². The minimum absolute atomic E-state index is 0.0188. The summed E-state index contributed by atoms with van der Waals surface area (Å²) >= 11 is 0. The first kappa shape index (κ1) is 26.3. The molecule has 0 spiro atoms. The number of halogens is 5. The highest BCUT2D eigenvalue weighted by Crippen LogP contribution is 2.39. The highest BCUT2D eigenvalue weighted by Gasteiger charge is 2.33. The maximum atomic E-state index is 13.9. The van der Waals surface area contributed by atoms with Crippen molar-refractivity contribution in [1.29, 1.82) is 0 Å². The van der Waals surface area contributed by atoms with Crippen molar-refractivity contribution in [2.24, 2.45) is 0 Å². The molecular weight excluding hydrogens is 521 g/mol. The average Bonchev–Trinajstić information content (AvgIpc) is 3.21. The van der Waals surface area contributed by atoms with Gasteiger partial charge in [-0.3, -0.25) is 14.9 Å². The van der Waals surface area contributed by atoms with Crippen LogP contribution in [0.25, 0.3) is 6.08 Å². The maximum Gasteiger partial charge on any atom is 0.352 e. The van der Waals surface area contributed by atoms with Crippen molar-refractivity contribution >= 4 is 23.5 Å². The average molecular weight is 535 g/mol. The Hall–Kier alpha value is -4.81. The summed E-state index contributed by atoms with van der Waals surface area (Å²) in [5.41, 5.74) is 0.383. The minimum Gasteiger partial charge on any atom is -0.473 e. The molecule has 13 heteroatoms. The van der Waals surface area contributed by atoms with Gasteiger partial charge in [-0.05, 0) is 37.6 Å². The van der Waals surface area contributed by atoms with Crippen LogP contribution in [0.2, 0.25) is 0 Å². The Morgan fingerprint density at radius 2 is 1.66 bits per heavy atom. The first-order valence-corrected chi connectivity index (χ1v) is 10.6. The van der Waals surface area contributed by atoms with Gasteiger partial charge in [0.2, 0.25) is 34.9 Å². The van der Waals surface area contributed by atoms with Gasteiger partial charge in [-0.1, -0.05) is 12.1 Å². The number of carbonyl (C=O) groups is 2. The van der Waals surface area contributed by atoms with E-state index >= 15 is 0 Å². The number of non-ortho nitro benzene ring substituents is 1. The molecule has 0 saturated heterocycles. The summed E-state index contributed by atoms with van der Waals surface area (Å²) < 4.78 is 83.2. The molecular formula is C25H14F5NO7. The molecule has 196 valence electrons. The Morgan fingerprint density at radius 3 is 2.29 bits per heavy atom. The molecule has 0 saturated carbocycles. The van der Waals surface area contributed by atoms with Crippen LogP contribution in [-0.2, 0) is 4.79 Å². The number of carbonyl (C=O) groups excluding carboxylic acids is 2. The number of fused-ring (bicyclic) bond motifs is 1. The highest BCUT2D eigenvalue weighted by atomic mass is 19.2. The van der Waals surface area contributed by atoms with Gasteiger partial charge in [0.1, 0.15) is 11.5 Å². The molecule has 38 heavy (non-hydrogen) atoms. The van der Waals surface area contributed by atoms with Gasteiger partial charge in [0.25, 0.3) is 5.69 Å². The Balaban J connectivity index is 1.54. The molecule has 0 fully saturated rings. The summed E-state index contributed by atoms with van der Waals surface area (Å²) in [7, 11) is 0.